The van der Waals surface area contributed by atoms with Gasteiger partial charge >= 0.3 is 11.9 Å². The van der Waals surface area contributed by atoms with Crippen LogP contribution in [0.25, 0.3) is 0 Å². The van der Waals surface area contributed by atoms with Gasteiger partial charge in [0.05, 0.1) is 0 Å². The van der Waals surface area contributed by atoms with Crippen LogP contribution >= 0.6 is 0 Å². The lowest BCUT2D eigenvalue weighted by Gasteiger charge is -2.18. The first-order chi connectivity index (χ1) is 24.6. The second-order valence-electron chi connectivity index (χ2n) is 16.0. The normalized spacial score (nSPS) is 12.0. The Morgan fingerprint density at radius 1 is 0.360 bits per heavy atom. The summed E-state index contributed by atoms with van der Waals surface area (Å²) < 4.78 is 5.97. The van der Waals surface area contributed by atoms with Crippen molar-refractivity contribution in [1.82, 2.24) is 0 Å². The number of carbonyl (C=O) groups is 2. The second kappa shape index (κ2) is 42.4. The van der Waals surface area contributed by atoms with E-state index in [0.29, 0.717) is 12.8 Å². The van der Waals surface area contributed by atoms with E-state index < -0.39 is 5.97 Å². The van der Waals surface area contributed by atoms with Crippen molar-refractivity contribution < 1.29 is 19.4 Å². The SMILES string of the molecule is CCCCCCCCCCCCCCCCCCCCCCCC(=O)OC(CCCCCCCCCCCCCCC)CCCCCC(=O)O. The molecule has 0 aromatic rings. The quantitative estimate of drug-likeness (QED) is 0.0506. The molecule has 0 aliphatic heterocycles. The largest absolute Gasteiger partial charge is 0.481 e. The Bertz CT molecular complexity index is 677. The van der Waals surface area contributed by atoms with E-state index in [1.165, 1.54) is 199 Å². The summed E-state index contributed by atoms with van der Waals surface area (Å²) in [4.78, 5) is 23.5. The number of carboxylic acids is 1. The molecule has 0 aliphatic carbocycles. The molecule has 0 saturated carbocycles. The number of hydrogen-bond acceptors (Lipinski definition) is 3. The summed E-state index contributed by atoms with van der Waals surface area (Å²) in [6.07, 6.45) is 51.4. The minimum absolute atomic E-state index is 0.00920. The van der Waals surface area contributed by atoms with Crippen LogP contribution in [0.4, 0.5) is 0 Å². The van der Waals surface area contributed by atoms with E-state index in [4.69, 9.17) is 9.84 Å². The number of ether oxygens (including phenoxy) is 1. The van der Waals surface area contributed by atoms with Gasteiger partial charge in [-0.3, -0.25) is 9.59 Å². The van der Waals surface area contributed by atoms with Gasteiger partial charge in [0.25, 0.3) is 0 Å². The summed E-state index contributed by atoms with van der Waals surface area (Å²) >= 11 is 0. The summed E-state index contributed by atoms with van der Waals surface area (Å²) in [5, 5.41) is 8.92. The highest BCUT2D eigenvalue weighted by Gasteiger charge is 2.14. The fourth-order valence-electron chi connectivity index (χ4n) is 7.42. The van der Waals surface area contributed by atoms with Crippen LogP contribution in [0.3, 0.4) is 0 Å². The molecule has 0 aromatic carbocycles. The fraction of sp³-hybridized carbons (Fsp3) is 0.957. The van der Waals surface area contributed by atoms with Crippen molar-refractivity contribution in [2.45, 2.75) is 283 Å². The Kier molecular flexibility index (Phi) is 41.5. The average Bonchev–Trinajstić information content (AvgIpc) is 3.10. The molecule has 1 N–H and O–H groups in total. The van der Waals surface area contributed by atoms with Crippen molar-refractivity contribution >= 4 is 11.9 Å². The van der Waals surface area contributed by atoms with Gasteiger partial charge in [-0.25, -0.2) is 0 Å². The number of carboxylic acid groups (broad SMARTS) is 1. The van der Waals surface area contributed by atoms with E-state index in [1.807, 2.05) is 0 Å². The van der Waals surface area contributed by atoms with Crippen LogP contribution < -0.4 is 0 Å². The standard InChI is InChI=1S/C46H90O4/c1-3-5-7-9-11-13-15-17-18-19-20-21-22-23-24-26-28-30-32-34-39-43-46(49)50-44(41-37-35-38-42-45(47)48)40-36-33-31-29-27-25-16-14-12-10-8-6-4-2/h44H,3-43H2,1-2H3,(H,47,48). The Hall–Kier alpha value is -1.06. The second-order valence-corrected chi connectivity index (χ2v) is 16.0. The lowest BCUT2D eigenvalue weighted by molar-refractivity contribution is -0.150. The first kappa shape index (κ1) is 48.9. The molecule has 0 amide bonds. The topological polar surface area (TPSA) is 63.6 Å². The van der Waals surface area contributed by atoms with E-state index in [-0.39, 0.29) is 18.5 Å². The maximum Gasteiger partial charge on any atom is 0.306 e. The van der Waals surface area contributed by atoms with Gasteiger partial charge < -0.3 is 9.84 Å². The summed E-state index contributed by atoms with van der Waals surface area (Å²) in [6.45, 7) is 4.57. The van der Waals surface area contributed by atoms with E-state index in [0.717, 1.165) is 44.9 Å². The van der Waals surface area contributed by atoms with Crippen molar-refractivity contribution in [1.29, 1.82) is 0 Å². The summed E-state index contributed by atoms with van der Waals surface area (Å²) in [7, 11) is 0. The van der Waals surface area contributed by atoms with Crippen LogP contribution in [-0.2, 0) is 14.3 Å². The summed E-state index contributed by atoms with van der Waals surface area (Å²) in [5.41, 5.74) is 0. The smallest absolute Gasteiger partial charge is 0.306 e. The molecule has 0 fully saturated rings. The highest BCUT2D eigenvalue weighted by atomic mass is 16.5. The molecule has 1 unspecified atom stereocenters. The Balaban J connectivity index is 3.77. The van der Waals surface area contributed by atoms with E-state index in [1.54, 1.807) is 0 Å². The molecule has 4 nitrogen and oxygen atoms in total. The van der Waals surface area contributed by atoms with Crippen LogP contribution in [0.1, 0.15) is 277 Å². The van der Waals surface area contributed by atoms with Crippen LogP contribution in [0.5, 0.6) is 0 Å². The monoisotopic (exact) mass is 707 g/mol. The zero-order valence-electron chi connectivity index (χ0n) is 34.2. The van der Waals surface area contributed by atoms with Gasteiger partial charge in [-0.1, -0.05) is 226 Å². The average molecular weight is 707 g/mol. The third kappa shape index (κ3) is 41.4. The number of aliphatic carboxylic acids is 1. The Morgan fingerprint density at radius 3 is 0.900 bits per heavy atom. The molecule has 0 aromatic heterocycles. The van der Waals surface area contributed by atoms with Gasteiger partial charge in [0.2, 0.25) is 0 Å². The van der Waals surface area contributed by atoms with Crippen molar-refractivity contribution in [2.75, 3.05) is 0 Å². The van der Waals surface area contributed by atoms with Crippen LogP contribution in [0.2, 0.25) is 0 Å². The number of rotatable bonds is 43. The molecule has 0 bridgehead atoms. The Morgan fingerprint density at radius 2 is 0.600 bits per heavy atom. The fourth-order valence-corrected chi connectivity index (χ4v) is 7.42. The third-order valence-electron chi connectivity index (χ3n) is 10.8. The molecule has 0 rings (SSSR count). The molecule has 4 heteroatoms. The number of esters is 1. The molecule has 50 heavy (non-hydrogen) atoms. The lowest BCUT2D eigenvalue weighted by Crippen LogP contribution is -2.18. The van der Waals surface area contributed by atoms with Gasteiger partial charge in [-0.05, 0) is 38.5 Å². The maximum atomic E-state index is 12.7. The van der Waals surface area contributed by atoms with E-state index >= 15 is 0 Å². The highest BCUT2D eigenvalue weighted by molar-refractivity contribution is 5.69. The van der Waals surface area contributed by atoms with Crippen LogP contribution in [-0.4, -0.2) is 23.1 Å². The summed E-state index contributed by atoms with van der Waals surface area (Å²) in [6, 6.07) is 0. The van der Waals surface area contributed by atoms with Gasteiger partial charge in [0, 0.05) is 12.8 Å². The highest BCUT2D eigenvalue weighted by Crippen LogP contribution is 2.19. The molecule has 0 aliphatic rings. The minimum atomic E-state index is -0.718. The van der Waals surface area contributed by atoms with Crippen molar-refractivity contribution in [3.05, 3.63) is 0 Å². The van der Waals surface area contributed by atoms with Crippen LogP contribution in [0, 0.1) is 0 Å². The molecule has 1 atom stereocenters. The number of hydrogen-bond donors (Lipinski definition) is 1. The van der Waals surface area contributed by atoms with Crippen molar-refractivity contribution in [3.8, 4) is 0 Å². The van der Waals surface area contributed by atoms with E-state index in [9.17, 15) is 9.59 Å². The minimum Gasteiger partial charge on any atom is -0.481 e. The molecular weight excluding hydrogens is 617 g/mol. The van der Waals surface area contributed by atoms with E-state index in [2.05, 4.69) is 13.8 Å². The van der Waals surface area contributed by atoms with Crippen molar-refractivity contribution in [3.63, 3.8) is 0 Å². The molecular formula is C46H90O4. The predicted octanol–water partition coefficient (Wildman–Crippen LogP) is 16.0. The first-order valence-corrected chi connectivity index (χ1v) is 23.0. The molecule has 0 spiro atoms. The summed E-state index contributed by atoms with van der Waals surface area (Å²) in [5.74, 6) is -0.738. The maximum absolute atomic E-state index is 12.7. The van der Waals surface area contributed by atoms with Gasteiger partial charge in [-0.15, -0.1) is 0 Å². The number of unbranched alkanes of at least 4 members (excludes halogenated alkanes) is 34. The lowest BCUT2D eigenvalue weighted by atomic mass is 10.0. The van der Waals surface area contributed by atoms with Gasteiger partial charge in [0.15, 0.2) is 0 Å². The zero-order chi connectivity index (χ0) is 36.4. The predicted molar refractivity (Wildman–Crippen MR) is 218 cm³/mol. The Labute approximate surface area is 313 Å². The van der Waals surface area contributed by atoms with Gasteiger partial charge in [0.1, 0.15) is 6.10 Å². The number of carbonyl (C=O) groups excluding carboxylic acids is 1. The third-order valence-corrected chi connectivity index (χ3v) is 10.8. The first-order valence-electron chi connectivity index (χ1n) is 23.0. The molecule has 298 valence electrons. The van der Waals surface area contributed by atoms with Crippen LogP contribution in [0.15, 0.2) is 0 Å². The molecule has 0 radical (unpaired) electrons. The molecule has 0 heterocycles. The zero-order valence-corrected chi connectivity index (χ0v) is 34.2. The van der Waals surface area contributed by atoms with Gasteiger partial charge in [-0.2, -0.15) is 0 Å². The molecule has 0 saturated heterocycles. The van der Waals surface area contributed by atoms with Crippen molar-refractivity contribution in [2.24, 2.45) is 0 Å².